The van der Waals surface area contributed by atoms with Gasteiger partial charge in [-0.15, -0.1) is 0 Å². The van der Waals surface area contributed by atoms with Crippen molar-refractivity contribution in [3.63, 3.8) is 0 Å². The van der Waals surface area contributed by atoms with Crippen molar-refractivity contribution >= 4 is 11.6 Å². The Morgan fingerprint density at radius 2 is 1.88 bits per heavy atom. The number of ether oxygens (including phenoxy) is 1. The van der Waals surface area contributed by atoms with Crippen LogP contribution in [0.2, 0.25) is 0 Å². The molecule has 6 heteroatoms. The maximum atomic E-state index is 13.9. The number of hydrogen-bond donors (Lipinski definition) is 1. The zero-order valence-electron chi connectivity index (χ0n) is 17.6. The molecule has 5 rings (SSSR count). The van der Waals surface area contributed by atoms with Crippen LogP contribution in [0.1, 0.15) is 40.2 Å². The molecule has 1 N–H and O–H groups in total. The molecule has 0 aliphatic carbocycles. The lowest BCUT2D eigenvalue weighted by Gasteiger charge is -2.36. The minimum absolute atomic E-state index is 0.0221. The Labute approximate surface area is 186 Å². The highest BCUT2D eigenvalue weighted by atomic mass is 19.1. The minimum Gasteiger partial charge on any atom is -0.461 e. The molecule has 1 fully saturated rings. The van der Waals surface area contributed by atoms with Gasteiger partial charge in [-0.3, -0.25) is 4.79 Å². The highest BCUT2D eigenvalue weighted by molar-refractivity contribution is 5.95. The van der Waals surface area contributed by atoms with Gasteiger partial charge >= 0.3 is 0 Å². The number of pyridine rings is 1. The van der Waals surface area contributed by atoms with Crippen LogP contribution >= 0.6 is 0 Å². The van der Waals surface area contributed by atoms with E-state index >= 15 is 0 Å². The molecule has 0 saturated carbocycles. The van der Waals surface area contributed by atoms with Crippen molar-refractivity contribution in [2.24, 2.45) is 5.92 Å². The van der Waals surface area contributed by atoms with Crippen molar-refractivity contribution in [3.05, 3.63) is 102 Å². The molecule has 2 aliphatic rings. The van der Waals surface area contributed by atoms with E-state index < -0.39 is 5.95 Å². The first kappa shape index (κ1) is 20.2. The zero-order valence-corrected chi connectivity index (χ0v) is 17.6. The maximum Gasteiger partial charge on any atom is 0.253 e. The summed E-state index contributed by atoms with van der Waals surface area (Å²) in [5.74, 6) is 0.651. The van der Waals surface area contributed by atoms with Crippen molar-refractivity contribution in [2.45, 2.75) is 18.8 Å². The van der Waals surface area contributed by atoms with Crippen molar-refractivity contribution in [2.75, 3.05) is 18.4 Å². The van der Waals surface area contributed by atoms with Gasteiger partial charge in [0.15, 0.2) is 0 Å². The molecule has 162 valence electrons. The number of halogens is 1. The molecule has 1 saturated heterocycles. The number of benzene rings is 2. The fourth-order valence-corrected chi connectivity index (χ4v) is 4.74. The quantitative estimate of drug-likeness (QED) is 0.581. The predicted octanol–water partition coefficient (Wildman–Crippen LogP) is 5.18. The van der Waals surface area contributed by atoms with E-state index in [1.807, 2.05) is 41.3 Å². The van der Waals surface area contributed by atoms with E-state index in [1.165, 1.54) is 12.3 Å². The molecule has 0 unspecified atom stereocenters. The second-order valence-corrected chi connectivity index (χ2v) is 8.21. The number of carbonyl (C=O) groups is 1. The lowest BCUT2D eigenvalue weighted by Crippen LogP contribution is -2.40. The predicted molar refractivity (Wildman–Crippen MR) is 121 cm³/mol. The van der Waals surface area contributed by atoms with Crippen LogP contribution in [0.3, 0.4) is 0 Å². The number of rotatable bonds is 4. The van der Waals surface area contributed by atoms with Crippen LogP contribution in [0, 0.1) is 11.9 Å². The minimum atomic E-state index is -0.462. The number of likely N-dealkylation sites (tertiary alicyclic amines) is 1. The van der Waals surface area contributed by atoms with Gasteiger partial charge in [-0.05, 0) is 60.2 Å². The molecule has 5 nitrogen and oxygen atoms in total. The third-order valence-electron chi connectivity index (χ3n) is 6.30. The summed E-state index contributed by atoms with van der Waals surface area (Å²) in [6.45, 7) is 1.34. The number of amides is 1. The molecular weight excluding hydrogens is 405 g/mol. The van der Waals surface area contributed by atoms with Gasteiger partial charge in [-0.25, -0.2) is 4.98 Å². The first-order valence-corrected chi connectivity index (χ1v) is 10.9. The van der Waals surface area contributed by atoms with Crippen LogP contribution in [0.15, 0.2) is 79.3 Å². The summed E-state index contributed by atoms with van der Waals surface area (Å²) in [6, 6.07) is 19.1. The van der Waals surface area contributed by atoms with Crippen LogP contribution in [0.4, 0.5) is 10.1 Å². The molecule has 0 spiro atoms. The van der Waals surface area contributed by atoms with Crippen LogP contribution in [0.25, 0.3) is 0 Å². The first-order chi connectivity index (χ1) is 15.7. The fourth-order valence-electron chi connectivity index (χ4n) is 4.74. The van der Waals surface area contributed by atoms with Crippen LogP contribution in [-0.4, -0.2) is 28.9 Å². The fraction of sp³-hybridized carbons (Fsp3) is 0.231. The molecule has 3 heterocycles. The summed E-state index contributed by atoms with van der Waals surface area (Å²) in [5, 5.41) is 3.11. The number of piperidine rings is 1. The summed E-state index contributed by atoms with van der Waals surface area (Å²) in [4.78, 5) is 18.8. The van der Waals surface area contributed by atoms with Crippen LogP contribution < -0.4 is 10.1 Å². The number of nitrogens with one attached hydrogen (secondary N) is 1. The van der Waals surface area contributed by atoms with E-state index in [2.05, 4.69) is 22.4 Å². The molecule has 0 bridgehead atoms. The summed E-state index contributed by atoms with van der Waals surface area (Å²) < 4.78 is 19.3. The Balaban J connectivity index is 1.33. The number of anilines is 1. The van der Waals surface area contributed by atoms with E-state index in [9.17, 15) is 9.18 Å². The molecule has 2 aromatic carbocycles. The summed E-state index contributed by atoms with van der Waals surface area (Å²) in [6.07, 6.45) is 6.51. The SMILES string of the molecule is O=C(c1ccc2c(c1)NC=CO2)N1CCC([C@H](c2ccccc2)c2ccnc(F)c2)CC1. The van der Waals surface area contributed by atoms with Gasteiger partial charge in [0.05, 0.1) is 5.69 Å². The third-order valence-corrected chi connectivity index (χ3v) is 6.30. The Bertz CT molecular complexity index is 1140. The van der Waals surface area contributed by atoms with Crippen molar-refractivity contribution in [1.82, 2.24) is 9.88 Å². The molecule has 2 aliphatic heterocycles. The first-order valence-electron chi connectivity index (χ1n) is 10.9. The lowest BCUT2D eigenvalue weighted by molar-refractivity contribution is 0.0683. The van der Waals surface area contributed by atoms with E-state index in [0.29, 0.717) is 30.3 Å². The second-order valence-electron chi connectivity index (χ2n) is 8.21. The maximum absolute atomic E-state index is 13.9. The highest BCUT2D eigenvalue weighted by Crippen LogP contribution is 2.38. The van der Waals surface area contributed by atoms with E-state index in [0.717, 1.165) is 29.7 Å². The van der Waals surface area contributed by atoms with E-state index in [-0.39, 0.29) is 11.8 Å². The van der Waals surface area contributed by atoms with E-state index in [1.54, 1.807) is 18.5 Å². The smallest absolute Gasteiger partial charge is 0.253 e. The molecule has 0 radical (unpaired) electrons. The van der Waals surface area contributed by atoms with Crippen molar-refractivity contribution in [1.29, 1.82) is 0 Å². The summed E-state index contributed by atoms with van der Waals surface area (Å²) >= 11 is 0. The molecule has 1 amide bonds. The van der Waals surface area contributed by atoms with Crippen molar-refractivity contribution < 1.29 is 13.9 Å². The molecule has 1 aromatic heterocycles. The molecular formula is C26H24FN3O2. The van der Waals surface area contributed by atoms with Crippen LogP contribution in [-0.2, 0) is 0 Å². The van der Waals surface area contributed by atoms with Gasteiger partial charge < -0.3 is 15.0 Å². The average molecular weight is 429 g/mol. The topological polar surface area (TPSA) is 54.5 Å². The Morgan fingerprint density at radius 1 is 1.06 bits per heavy atom. The highest BCUT2D eigenvalue weighted by Gasteiger charge is 2.31. The van der Waals surface area contributed by atoms with Gasteiger partial charge in [0, 0.05) is 37.0 Å². The Hall–Kier alpha value is -3.67. The van der Waals surface area contributed by atoms with E-state index in [4.69, 9.17) is 4.74 Å². The van der Waals surface area contributed by atoms with Gasteiger partial charge in [0.1, 0.15) is 12.0 Å². The van der Waals surface area contributed by atoms with Crippen molar-refractivity contribution in [3.8, 4) is 5.75 Å². The molecule has 32 heavy (non-hydrogen) atoms. The molecule has 1 atom stereocenters. The van der Waals surface area contributed by atoms with Gasteiger partial charge in [-0.1, -0.05) is 30.3 Å². The van der Waals surface area contributed by atoms with Gasteiger partial charge in [0.2, 0.25) is 5.95 Å². The average Bonchev–Trinajstić information content (AvgIpc) is 2.85. The lowest BCUT2D eigenvalue weighted by atomic mass is 9.76. The summed E-state index contributed by atoms with van der Waals surface area (Å²) in [7, 11) is 0. The standard InChI is InChI=1S/C26H24FN3O2/c27-24-17-20(8-11-29-24)25(18-4-2-1-3-5-18)19-9-13-30(14-10-19)26(31)21-6-7-23-22(16-21)28-12-15-32-23/h1-8,11-12,15-17,19,25,28H,9-10,13-14H2/t25-/m0/s1. The second kappa shape index (κ2) is 8.83. The monoisotopic (exact) mass is 429 g/mol. The van der Waals surface area contributed by atoms with Gasteiger partial charge in [-0.2, -0.15) is 4.39 Å². The Morgan fingerprint density at radius 3 is 2.66 bits per heavy atom. The zero-order chi connectivity index (χ0) is 21.9. The largest absolute Gasteiger partial charge is 0.461 e. The number of carbonyl (C=O) groups excluding carboxylic acids is 1. The van der Waals surface area contributed by atoms with Crippen LogP contribution in [0.5, 0.6) is 5.75 Å². The number of fused-ring (bicyclic) bond motifs is 1. The third kappa shape index (κ3) is 4.08. The van der Waals surface area contributed by atoms with Gasteiger partial charge in [0.25, 0.3) is 5.91 Å². The Kier molecular flexibility index (Phi) is 5.58. The number of aromatic nitrogens is 1. The number of hydrogen-bond acceptors (Lipinski definition) is 4. The normalized spacial score (nSPS) is 16.6. The summed E-state index contributed by atoms with van der Waals surface area (Å²) in [5.41, 5.74) is 3.53. The molecule has 3 aromatic rings. The number of nitrogens with zero attached hydrogens (tertiary/aromatic N) is 2.